The summed E-state index contributed by atoms with van der Waals surface area (Å²) in [5.74, 6) is 0.540. The molecule has 3 aliphatic heterocycles. The highest BCUT2D eigenvalue weighted by Crippen LogP contribution is 2.50. The Morgan fingerprint density at radius 2 is 1.60 bits per heavy atom. The summed E-state index contributed by atoms with van der Waals surface area (Å²) in [4.78, 5) is 28.5. The van der Waals surface area contributed by atoms with Crippen LogP contribution < -0.4 is 4.90 Å². The number of para-hydroxylation sites is 1. The summed E-state index contributed by atoms with van der Waals surface area (Å²) in [5.41, 5.74) is 7.60. The second kappa shape index (κ2) is 10.8. The third-order valence-electron chi connectivity index (χ3n) is 8.02. The fraction of sp³-hybridized carbons (Fsp3) is 0.176. The van der Waals surface area contributed by atoms with Crippen molar-refractivity contribution in [3.63, 3.8) is 0 Å². The number of fused-ring (bicyclic) bond motifs is 4. The van der Waals surface area contributed by atoms with Gasteiger partial charge in [0.1, 0.15) is 0 Å². The van der Waals surface area contributed by atoms with Crippen LogP contribution >= 0.6 is 11.6 Å². The van der Waals surface area contributed by atoms with E-state index in [0.29, 0.717) is 29.3 Å². The predicted octanol–water partition coefficient (Wildman–Crippen LogP) is 6.47. The molecule has 0 spiro atoms. The normalized spacial score (nSPS) is 19.7. The van der Waals surface area contributed by atoms with Crippen LogP contribution in [0, 0.1) is 0 Å². The highest BCUT2D eigenvalue weighted by molar-refractivity contribution is 6.30. The van der Waals surface area contributed by atoms with Crippen LogP contribution in [0.4, 0.5) is 5.69 Å². The van der Waals surface area contributed by atoms with Gasteiger partial charge in [-0.3, -0.25) is 4.79 Å². The highest BCUT2D eigenvalue weighted by Gasteiger charge is 2.41. The van der Waals surface area contributed by atoms with Gasteiger partial charge in [-0.1, -0.05) is 89.6 Å². The van der Waals surface area contributed by atoms with E-state index in [1.165, 1.54) is 0 Å². The lowest BCUT2D eigenvalue weighted by Gasteiger charge is -2.30. The highest BCUT2D eigenvalue weighted by atomic mass is 35.5. The second-order valence-electron chi connectivity index (χ2n) is 10.6. The quantitative estimate of drug-likeness (QED) is 0.294. The number of hydroxylamine groups is 2. The molecule has 4 aromatic rings. The van der Waals surface area contributed by atoms with Gasteiger partial charge >= 0.3 is 0 Å². The molecular formula is C34H28ClN3O4. The van der Waals surface area contributed by atoms with Crippen molar-refractivity contribution in [3.05, 3.63) is 135 Å². The van der Waals surface area contributed by atoms with E-state index in [9.17, 15) is 9.90 Å². The SMILES string of the molecule is CN1OC2=C(c3ccccc3N(CC3CC(c4ccc(CO)cc4)=NO3)C(=O)c3ccccc32)C1c1ccc(Cl)cc1. The first kappa shape index (κ1) is 26.5. The molecule has 0 radical (unpaired) electrons. The maximum absolute atomic E-state index is 14.3. The summed E-state index contributed by atoms with van der Waals surface area (Å²) >= 11 is 6.23. The van der Waals surface area contributed by atoms with Crippen LogP contribution in [0.5, 0.6) is 0 Å². The molecule has 7 nitrogen and oxygen atoms in total. The first-order valence-corrected chi connectivity index (χ1v) is 14.2. The summed E-state index contributed by atoms with van der Waals surface area (Å²) in [6, 6.07) is 30.7. The first-order chi connectivity index (χ1) is 20.5. The van der Waals surface area contributed by atoms with Crippen LogP contribution in [0.2, 0.25) is 5.02 Å². The van der Waals surface area contributed by atoms with Gasteiger partial charge in [-0.2, -0.15) is 0 Å². The van der Waals surface area contributed by atoms with Gasteiger partial charge in [-0.15, -0.1) is 5.06 Å². The van der Waals surface area contributed by atoms with Crippen molar-refractivity contribution in [3.8, 4) is 0 Å². The van der Waals surface area contributed by atoms with Crippen LogP contribution in [-0.2, 0) is 16.3 Å². The fourth-order valence-corrected chi connectivity index (χ4v) is 6.11. The number of halogens is 1. The van der Waals surface area contributed by atoms with E-state index < -0.39 is 0 Å². The van der Waals surface area contributed by atoms with Gasteiger partial charge in [-0.05, 0) is 41.0 Å². The molecule has 1 N–H and O–H groups in total. The molecule has 0 aliphatic carbocycles. The molecule has 7 rings (SSSR count). The third-order valence-corrected chi connectivity index (χ3v) is 8.28. The molecule has 0 aromatic heterocycles. The maximum Gasteiger partial charge on any atom is 0.259 e. The number of hydrogen-bond acceptors (Lipinski definition) is 6. The minimum Gasteiger partial charge on any atom is -0.404 e. The molecule has 210 valence electrons. The molecule has 0 fully saturated rings. The van der Waals surface area contributed by atoms with E-state index in [2.05, 4.69) is 5.16 Å². The van der Waals surface area contributed by atoms with Crippen molar-refractivity contribution in [2.75, 3.05) is 18.5 Å². The van der Waals surface area contributed by atoms with E-state index in [1.54, 1.807) is 0 Å². The number of aliphatic hydroxyl groups excluding tert-OH is 1. The average molecular weight is 578 g/mol. The largest absolute Gasteiger partial charge is 0.404 e. The monoisotopic (exact) mass is 577 g/mol. The van der Waals surface area contributed by atoms with E-state index in [1.807, 2.05) is 114 Å². The van der Waals surface area contributed by atoms with Crippen molar-refractivity contribution in [2.45, 2.75) is 25.2 Å². The molecule has 0 saturated carbocycles. The molecule has 8 heteroatoms. The van der Waals surface area contributed by atoms with Crippen molar-refractivity contribution < 1.29 is 19.6 Å². The summed E-state index contributed by atoms with van der Waals surface area (Å²) in [7, 11) is 1.91. The number of carbonyl (C=O) groups is 1. The second-order valence-corrected chi connectivity index (χ2v) is 11.1. The number of carbonyl (C=O) groups excluding carboxylic acids is 1. The summed E-state index contributed by atoms with van der Waals surface area (Å²) in [5, 5.41) is 16.3. The van der Waals surface area contributed by atoms with Crippen LogP contribution in [-0.4, -0.2) is 41.5 Å². The van der Waals surface area contributed by atoms with Gasteiger partial charge in [0.2, 0.25) is 0 Å². The number of oxime groups is 1. The predicted molar refractivity (Wildman–Crippen MR) is 163 cm³/mol. The number of likely N-dealkylation sites (N-methyl/N-ethyl adjacent to an activating group) is 1. The Bertz CT molecular complexity index is 1730. The minimum absolute atomic E-state index is 0.0122. The van der Waals surface area contributed by atoms with Crippen LogP contribution in [0.3, 0.4) is 0 Å². The number of nitrogens with zero attached hydrogens (tertiary/aromatic N) is 3. The molecule has 2 unspecified atom stereocenters. The lowest BCUT2D eigenvalue weighted by molar-refractivity contribution is -0.0654. The van der Waals surface area contributed by atoms with E-state index in [4.69, 9.17) is 21.3 Å². The Labute approximate surface area is 248 Å². The van der Waals surface area contributed by atoms with Gasteiger partial charge in [0.05, 0.1) is 36.2 Å². The number of hydrogen-bond donors (Lipinski definition) is 1. The Morgan fingerprint density at radius 3 is 2.33 bits per heavy atom. The van der Waals surface area contributed by atoms with E-state index in [-0.39, 0.29) is 24.7 Å². The zero-order valence-corrected chi connectivity index (χ0v) is 23.7. The lowest BCUT2D eigenvalue weighted by Crippen LogP contribution is -2.39. The molecule has 2 atom stereocenters. The molecule has 4 aromatic carbocycles. The third kappa shape index (κ3) is 4.56. The topological polar surface area (TPSA) is 74.6 Å². The summed E-state index contributed by atoms with van der Waals surface area (Å²) in [6.45, 7) is 0.304. The Balaban J connectivity index is 1.30. The fourth-order valence-electron chi connectivity index (χ4n) is 5.98. The summed E-state index contributed by atoms with van der Waals surface area (Å²) in [6.07, 6.45) is 0.225. The standard InChI is InChI=1S/C34H28ClN3O4/c1-37-32(23-14-16-24(35)17-15-23)31-28-8-4-5-9-30(28)38(34(40)27-7-3-2-6-26(27)33(31)42-37)19-25-18-29(36-41-25)22-12-10-21(20-39)11-13-22/h2-17,25,32,39H,18-20H2,1H3. The Hall–Kier alpha value is -4.43. The lowest BCUT2D eigenvalue weighted by atomic mass is 9.87. The van der Waals surface area contributed by atoms with Crippen molar-refractivity contribution in [1.29, 1.82) is 0 Å². The van der Waals surface area contributed by atoms with E-state index in [0.717, 1.165) is 44.8 Å². The number of aliphatic hydroxyl groups is 1. The molecule has 0 saturated heterocycles. The first-order valence-electron chi connectivity index (χ1n) is 13.9. The average Bonchev–Trinajstić information content (AvgIpc) is 3.64. The smallest absolute Gasteiger partial charge is 0.259 e. The van der Waals surface area contributed by atoms with Gasteiger partial charge in [0.15, 0.2) is 11.9 Å². The van der Waals surface area contributed by atoms with Gasteiger partial charge < -0.3 is 19.7 Å². The minimum atomic E-state index is -0.330. The molecule has 1 amide bonds. The Kier molecular flexibility index (Phi) is 6.78. The van der Waals surface area contributed by atoms with Gasteiger partial charge in [-0.25, -0.2) is 0 Å². The number of amides is 1. The number of anilines is 1. The summed E-state index contributed by atoms with van der Waals surface area (Å²) < 4.78 is 0. The number of rotatable bonds is 5. The molecule has 3 heterocycles. The maximum atomic E-state index is 14.3. The van der Waals surface area contributed by atoms with Crippen LogP contribution in [0.1, 0.15) is 50.6 Å². The van der Waals surface area contributed by atoms with Crippen molar-refractivity contribution in [1.82, 2.24) is 5.06 Å². The van der Waals surface area contributed by atoms with Crippen LogP contribution in [0.25, 0.3) is 11.3 Å². The Morgan fingerprint density at radius 1 is 0.905 bits per heavy atom. The van der Waals surface area contributed by atoms with Gasteiger partial charge in [0.25, 0.3) is 5.91 Å². The molecule has 0 bridgehead atoms. The van der Waals surface area contributed by atoms with E-state index >= 15 is 0 Å². The zero-order chi connectivity index (χ0) is 28.8. The van der Waals surface area contributed by atoms with Crippen molar-refractivity contribution >= 4 is 40.2 Å². The van der Waals surface area contributed by atoms with Crippen LogP contribution in [0.15, 0.2) is 102 Å². The zero-order valence-electron chi connectivity index (χ0n) is 22.9. The number of benzene rings is 4. The molecular weight excluding hydrogens is 550 g/mol. The molecule has 42 heavy (non-hydrogen) atoms. The van der Waals surface area contributed by atoms with Crippen molar-refractivity contribution in [2.24, 2.45) is 5.16 Å². The van der Waals surface area contributed by atoms with Gasteiger partial charge in [0, 0.05) is 35.2 Å². The molecule has 3 aliphatic rings.